The summed E-state index contributed by atoms with van der Waals surface area (Å²) in [5.74, 6) is 0.617. The second-order valence-corrected chi connectivity index (χ2v) is 8.07. The summed E-state index contributed by atoms with van der Waals surface area (Å²) >= 11 is 11.7. The second-order valence-electron chi connectivity index (χ2n) is 7.27. The minimum Gasteiger partial charge on any atom is -0.326 e. The first-order valence-electron chi connectivity index (χ1n) is 10.2. The monoisotopic (exact) mass is 456 g/mol. The fourth-order valence-electron chi connectivity index (χ4n) is 3.14. The Morgan fingerprint density at radius 3 is 2.35 bits per heavy atom. The molecule has 0 unspecified atom stereocenters. The number of hydrogen-bond donors (Lipinski definition) is 1. The van der Waals surface area contributed by atoms with Crippen LogP contribution in [-0.4, -0.2) is 26.0 Å². The lowest BCUT2D eigenvalue weighted by atomic mass is 10.1. The van der Waals surface area contributed by atoms with Crippen molar-refractivity contribution in [2.75, 3.05) is 5.32 Å². The highest BCUT2D eigenvalue weighted by Crippen LogP contribution is 2.22. The molecule has 31 heavy (non-hydrogen) atoms. The highest BCUT2D eigenvalue weighted by atomic mass is 35.5. The predicted octanol–water partition coefficient (Wildman–Crippen LogP) is 5.77. The first-order chi connectivity index (χ1) is 14.9. The van der Waals surface area contributed by atoms with Crippen LogP contribution in [-0.2, 0) is 17.9 Å². The van der Waals surface area contributed by atoms with Crippen LogP contribution in [0.25, 0.3) is 11.4 Å². The lowest BCUT2D eigenvalue weighted by molar-refractivity contribution is -0.116. The Kier molecular flexibility index (Phi) is 7.76. The molecule has 0 aliphatic carbocycles. The summed E-state index contributed by atoms with van der Waals surface area (Å²) in [6.45, 7) is 4.77. The van der Waals surface area contributed by atoms with Crippen LogP contribution in [0.15, 0.2) is 48.5 Å². The van der Waals surface area contributed by atoms with Gasteiger partial charge < -0.3 is 5.32 Å². The molecule has 1 aromatic heterocycles. The number of unbranched alkanes of at least 4 members (excludes halogenated alkanes) is 1. The lowest BCUT2D eigenvalue weighted by Crippen LogP contribution is -2.15. The van der Waals surface area contributed by atoms with Crippen LogP contribution in [0.1, 0.15) is 43.5 Å². The second kappa shape index (κ2) is 10.5. The van der Waals surface area contributed by atoms with Crippen LogP contribution >= 0.6 is 23.8 Å². The molecule has 0 bridgehead atoms. The van der Waals surface area contributed by atoms with E-state index in [2.05, 4.69) is 17.3 Å². The highest BCUT2D eigenvalue weighted by molar-refractivity contribution is 7.71. The number of hydrogen-bond acceptors (Lipinski definition) is 4. The fraction of sp³-hybridized carbons (Fsp3) is 0.304. The number of halogens is 1. The number of anilines is 1. The van der Waals surface area contributed by atoms with Gasteiger partial charge in [-0.3, -0.25) is 14.2 Å². The third-order valence-corrected chi connectivity index (χ3v) is 5.57. The fourth-order valence-corrected chi connectivity index (χ4v) is 3.57. The molecule has 1 N–H and O–H groups in total. The van der Waals surface area contributed by atoms with Crippen LogP contribution in [0.2, 0.25) is 5.02 Å². The zero-order chi connectivity index (χ0) is 22.4. The lowest BCUT2D eigenvalue weighted by Gasteiger charge is -2.06. The van der Waals surface area contributed by atoms with E-state index in [0.717, 1.165) is 30.8 Å². The molecule has 162 valence electrons. The van der Waals surface area contributed by atoms with Gasteiger partial charge in [-0.15, -0.1) is 0 Å². The number of aromatic nitrogens is 3. The molecule has 8 heteroatoms. The van der Waals surface area contributed by atoms with Crippen molar-refractivity contribution in [2.45, 2.75) is 46.2 Å². The normalized spacial score (nSPS) is 10.8. The number of carbonyl (C=O) groups is 2. The van der Waals surface area contributed by atoms with Gasteiger partial charge in [0.25, 0.3) is 0 Å². The maximum Gasteiger partial charge on any atom is 0.226 e. The minimum absolute atomic E-state index is 0.0117. The quantitative estimate of drug-likeness (QED) is 0.328. The molecule has 0 fully saturated rings. The summed E-state index contributed by atoms with van der Waals surface area (Å²) in [5.41, 5.74) is 2.19. The molecule has 3 aromatic rings. The number of rotatable bonds is 9. The molecule has 0 saturated carbocycles. The third-order valence-electron chi connectivity index (χ3n) is 4.89. The van der Waals surface area contributed by atoms with Crippen molar-refractivity contribution in [1.82, 2.24) is 14.3 Å². The molecule has 6 nitrogen and oxygen atoms in total. The highest BCUT2D eigenvalue weighted by Gasteiger charge is 2.14. The number of nitrogens with one attached hydrogen (secondary N) is 1. The molecule has 0 saturated heterocycles. The number of amides is 1. The number of nitrogens with zero attached hydrogens (tertiary/aromatic N) is 3. The largest absolute Gasteiger partial charge is 0.326 e. The Morgan fingerprint density at radius 2 is 1.74 bits per heavy atom. The van der Waals surface area contributed by atoms with Gasteiger partial charge in [0.1, 0.15) is 0 Å². The van der Waals surface area contributed by atoms with Crippen LogP contribution < -0.4 is 5.32 Å². The van der Waals surface area contributed by atoms with Gasteiger partial charge in [-0.25, -0.2) is 4.68 Å². The van der Waals surface area contributed by atoms with Crippen molar-refractivity contribution in [3.63, 3.8) is 0 Å². The first-order valence-corrected chi connectivity index (χ1v) is 11.0. The van der Waals surface area contributed by atoms with E-state index in [9.17, 15) is 9.59 Å². The smallest absolute Gasteiger partial charge is 0.226 e. The average Bonchev–Trinajstić information content (AvgIpc) is 3.07. The molecular formula is C23H25ClN4O2S. The minimum atomic E-state index is -0.145. The molecule has 0 spiro atoms. The Bertz CT molecular complexity index is 1120. The Morgan fingerprint density at radius 1 is 1.06 bits per heavy atom. The number of benzene rings is 2. The number of carbonyl (C=O) groups excluding carboxylic acids is 2. The van der Waals surface area contributed by atoms with Crippen molar-refractivity contribution in [2.24, 2.45) is 0 Å². The number of aryl methyl sites for hydroxylation is 1. The van der Waals surface area contributed by atoms with Gasteiger partial charge in [-0.05, 0) is 74.1 Å². The van der Waals surface area contributed by atoms with E-state index >= 15 is 0 Å². The van der Waals surface area contributed by atoms with Crippen LogP contribution in [0.3, 0.4) is 0 Å². The van der Waals surface area contributed by atoms with E-state index in [0.29, 0.717) is 27.6 Å². The summed E-state index contributed by atoms with van der Waals surface area (Å²) in [6.07, 6.45) is 2.25. The van der Waals surface area contributed by atoms with Gasteiger partial charge in [-0.2, -0.15) is 5.10 Å². The summed E-state index contributed by atoms with van der Waals surface area (Å²) < 4.78 is 4.31. The van der Waals surface area contributed by atoms with Gasteiger partial charge in [0.2, 0.25) is 5.91 Å². The number of Topliss-reactive ketones (excluding diaryl/α,β-unsaturated/α-hetero) is 1. The predicted molar refractivity (Wildman–Crippen MR) is 126 cm³/mol. The molecule has 1 amide bonds. The van der Waals surface area contributed by atoms with E-state index in [1.807, 2.05) is 28.8 Å². The van der Waals surface area contributed by atoms with Crippen LogP contribution in [0.5, 0.6) is 0 Å². The summed E-state index contributed by atoms with van der Waals surface area (Å²) in [6, 6.07) is 14.3. The molecule has 0 atom stereocenters. The van der Waals surface area contributed by atoms with Gasteiger partial charge in [0, 0.05) is 34.8 Å². The number of ketones is 1. The van der Waals surface area contributed by atoms with Gasteiger partial charge in [0.15, 0.2) is 16.4 Å². The van der Waals surface area contributed by atoms with Gasteiger partial charge >= 0.3 is 0 Å². The summed E-state index contributed by atoms with van der Waals surface area (Å²) in [7, 11) is 0. The molecule has 0 aliphatic rings. The van der Waals surface area contributed by atoms with Crippen molar-refractivity contribution >= 4 is 41.2 Å². The molecular weight excluding hydrogens is 432 g/mol. The van der Waals surface area contributed by atoms with Crippen molar-refractivity contribution in [1.29, 1.82) is 0 Å². The third kappa shape index (κ3) is 5.89. The summed E-state index contributed by atoms with van der Waals surface area (Å²) in [4.78, 5) is 23.8. The van der Waals surface area contributed by atoms with Gasteiger partial charge in [-0.1, -0.05) is 24.9 Å². The van der Waals surface area contributed by atoms with E-state index in [1.165, 1.54) is 6.92 Å². The molecule has 0 radical (unpaired) electrons. The summed E-state index contributed by atoms with van der Waals surface area (Å²) in [5, 5.41) is 8.19. The van der Waals surface area contributed by atoms with Crippen LogP contribution in [0.4, 0.5) is 5.69 Å². The van der Waals surface area contributed by atoms with E-state index in [-0.39, 0.29) is 18.1 Å². The van der Waals surface area contributed by atoms with E-state index in [1.54, 1.807) is 28.9 Å². The standard InChI is InChI=1S/C23H25ClN4O2S/c1-3-4-14-27-22(18-5-9-19(24)10-6-18)26-28(23(27)31)15-13-21(30)25-20-11-7-17(8-12-20)16(2)29/h5-12H,3-4,13-15H2,1-2H3,(H,25,30). The van der Waals surface area contributed by atoms with E-state index < -0.39 is 0 Å². The van der Waals surface area contributed by atoms with Crippen molar-refractivity contribution in [3.8, 4) is 11.4 Å². The topological polar surface area (TPSA) is 68.9 Å². The molecule has 2 aromatic carbocycles. The zero-order valence-corrected chi connectivity index (χ0v) is 19.2. The van der Waals surface area contributed by atoms with E-state index in [4.69, 9.17) is 23.8 Å². The maximum atomic E-state index is 12.4. The van der Waals surface area contributed by atoms with Crippen molar-refractivity contribution in [3.05, 3.63) is 63.9 Å². The maximum absolute atomic E-state index is 12.4. The Labute approximate surface area is 191 Å². The average molecular weight is 457 g/mol. The zero-order valence-electron chi connectivity index (χ0n) is 17.6. The molecule has 3 rings (SSSR count). The van der Waals surface area contributed by atoms with Gasteiger partial charge in [0.05, 0.1) is 6.54 Å². The SMILES string of the molecule is CCCCn1c(-c2ccc(Cl)cc2)nn(CCC(=O)Nc2ccc(C(C)=O)cc2)c1=S. The molecule has 0 aliphatic heterocycles. The Hall–Kier alpha value is -2.77. The van der Waals surface area contributed by atoms with Crippen molar-refractivity contribution < 1.29 is 9.59 Å². The first kappa shape index (κ1) is 22.9. The van der Waals surface area contributed by atoms with Crippen LogP contribution in [0, 0.1) is 4.77 Å². The Balaban J connectivity index is 1.73. The molecule has 1 heterocycles.